The van der Waals surface area contributed by atoms with E-state index in [-0.39, 0.29) is 11.8 Å². The molecule has 0 saturated carbocycles. The molecule has 2 rings (SSSR count). The second-order valence-corrected chi connectivity index (χ2v) is 4.24. The first-order valence-electron chi connectivity index (χ1n) is 4.81. The van der Waals surface area contributed by atoms with Gasteiger partial charge in [0.05, 0.1) is 18.2 Å². The van der Waals surface area contributed by atoms with Crippen LogP contribution in [0, 0.1) is 12.8 Å². The lowest BCUT2D eigenvalue weighted by Crippen LogP contribution is -2.21. The quantitative estimate of drug-likeness (QED) is 0.737. The highest BCUT2D eigenvalue weighted by Crippen LogP contribution is 2.34. The van der Waals surface area contributed by atoms with Gasteiger partial charge in [0.1, 0.15) is 5.75 Å². The minimum atomic E-state index is -0.143. The van der Waals surface area contributed by atoms with E-state index in [4.69, 9.17) is 16.3 Å². The first-order valence-corrected chi connectivity index (χ1v) is 5.19. The molecule has 0 fully saturated rings. The van der Waals surface area contributed by atoms with E-state index in [1.54, 1.807) is 6.07 Å². The Morgan fingerprint density at radius 1 is 1.53 bits per heavy atom. The molecular weight excluding hydrogens is 214 g/mol. The van der Waals surface area contributed by atoms with Gasteiger partial charge in [-0.1, -0.05) is 18.5 Å². The van der Waals surface area contributed by atoms with Crippen LogP contribution in [0.5, 0.6) is 5.75 Å². The Balaban J connectivity index is 2.47. The smallest absolute Gasteiger partial charge is 0.230 e. The summed E-state index contributed by atoms with van der Waals surface area (Å²) in [5, 5.41) is 3.41. The van der Waals surface area contributed by atoms with Crippen LogP contribution in [0.2, 0.25) is 5.02 Å². The number of anilines is 1. The highest BCUT2D eigenvalue weighted by atomic mass is 35.5. The van der Waals surface area contributed by atoms with Crippen LogP contribution in [-0.4, -0.2) is 12.5 Å². The Hall–Kier alpha value is -1.22. The third-order valence-corrected chi connectivity index (χ3v) is 2.64. The molecule has 3 nitrogen and oxygen atoms in total. The maximum Gasteiger partial charge on any atom is 0.230 e. The van der Waals surface area contributed by atoms with Crippen molar-refractivity contribution in [3.8, 4) is 5.75 Å². The fraction of sp³-hybridized carbons (Fsp3) is 0.364. The molecule has 15 heavy (non-hydrogen) atoms. The molecule has 1 N–H and O–H groups in total. The summed E-state index contributed by atoms with van der Waals surface area (Å²) in [6.45, 7) is 4.15. The zero-order chi connectivity index (χ0) is 11.0. The maximum atomic E-state index is 11.6. The molecule has 0 spiro atoms. The molecule has 0 radical (unpaired) electrons. The number of amides is 1. The van der Waals surface area contributed by atoms with E-state index >= 15 is 0 Å². The fourth-order valence-electron chi connectivity index (χ4n) is 1.55. The van der Waals surface area contributed by atoms with Crippen molar-refractivity contribution in [1.82, 2.24) is 0 Å². The maximum absolute atomic E-state index is 11.6. The highest BCUT2D eigenvalue weighted by molar-refractivity contribution is 6.31. The lowest BCUT2D eigenvalue weighted by atomic mass is 10.2. The molecule has 0 bridgehead atoms. The van der Waals surface area contributed by atoms with Crippen LogP contribution in [0.3, 0.4) is 0 Å². The third kappa shape index (κ3) is 1.92. The summed E-state index contributed by atoms with van der Waals surface area (Å²) < 4.78 is 5.57. The molecule has 80 valence electrons. The predicted molar refractivity (Wildman–Crippen MR) is 59.5 cm³/mol. The molecule has 0 aromatic heterocycles. The molecule has 1 atom stereocenters. The van der Waals surface area contributed by atoms with Gasteiger partial charge in [0.15, 0.2) is 0 Å². The normalized spacial score (nSPS) is 19.9. The number of ether oxygens (including phenoxy) is 1. The van der Waals surface area contributed by atoms with E-state index in [1.807, 2.05) is 19.9 Å². The van der Waals surface area contributed by atoms with Crippen LogP contribution >= 0.6 is 11.6 Å². The van der Waals surface area contributed by atoms with Crippen LogP contribution in [0.25, 0.3) is 0 Å². The summed E-state index contributed by atoms with van der Waals surface area (Å²) in [5.41, 5.74) is 1.60. The number of hydrogen-bond acceptors (Lipinski definition) is 2. The first kappa shape index (κ1) is 10.3. The van der Waals surface area contributed by atoms with Gasteiger partial charge in [0, 0.05) is 5.02 Å². The number of carbonyl (C=O) groups excluding carboxylic acids is 1. The largest absolute Gasteiger partial charge is 0.490 e. The van der Waals surface area contributed by atoms with E-state index in [1.165, 1.54) is 0 Å². The lowest BCUT2D eigenvalue weighted by molar-refractivity contribution is -0.119. The Bertz CT molecular complexity index is 417. The first-order chi connectivity index (χ1) is 7.08. The molecule has 1 aliphatic rings. The fourth-order valence-corrected chi connectivity index (χ4v) is 1.83. The number of carbonyl (C=O) groups is 1. The van der Waals surface area contributed by atoms with Crippen molar-refractivity contribution in [2.75, 3.05) is 11.9 Å². The molecule has 1 aromatic rings. The van der Waals surface area contributed by atoms with Crippen molar-refractivity contribution >= 4 is 23.2 Å². The summed E-state index contributed by atoms with van der Waals surface area (Å²) in [4.78, 5) is 11.6. The second kappa shape index (κ2) is 3.74. The standard InChI is InChI=1S/C11H12ClNO2/c1-6-3-8(12)4-9-10(6)15-5-7(2)11(14)13-9/h3-4,7H,5H2,1-2H3,(H,13,14). The molecule has 1 aliphatic heterocycles. The van der Waals surface area contributed by atoms with Gasteiger partial charge >= 0.3 is 0 Å². The van der Waals surface area contributed by atoms with Gasteiger partial charge in [-0.05, 0) is 24.6 Å². The molecule has 0 saturated heterocycles. The second-order valence-electron chi connectivity index (χ2n) is 3.80. The monoisotopic (exact) mass is 225 g/mol. The summed E-state index contributed by atoms with van der Waals surface area (Å²) in [6.07, 6.45) is 0. The van der Waals surface area contributed by atoms with E-state index in [0.29, 0.717) is 17.3 Å². The Morgan fingerprint density at radius 2 is 2.27 bits per heavy atom. The summed E-state index contributed by atoms with van der Waals surface area (Å²) in [6, 6.07) is 3.53. The van der Waals surface area contributed by atoms with Gasteiger partial charge in [0.2, 0.25) is 5.91 Å². The van der Waals surface area contributed by atoms with Crippen molar-refractivity contribution in [3.63, 3.8) is 0 Å². The number of rotatable bonds is 0. The van der Waals surface area contributed by atoms with Crippen molar-refractivity contribution in [3.05, 3.63) is 22.7 Å². The molecule has 1 amide bonds. The Morgan fingerprint density at radius 3 is 3.00 bits per heavy atom. The van der Waals surface area contributed by atoms with Crippen LogP contribution in [0.1, 0.15) is 12.5 Å². The molecule has 1 aromatic carbocycles. The number of benzene rings is 1. The molecular formula is C11H12ClNO2. The third-order valence-electron chi connectivity index (χ3n) is 2.42. The predicted octanol–water partition coefficient (Wildman–Crippen LogP) is 2.62. The molecule has 1 heterocycles. The van der Waals surface area contributed by atoms with Crippen LogP contribution in [0.15, 0.2) is 12.1 Å². The summed E-state index contributed by atoms with van der Waals surface area (Å²) in [5.74, 6) is 0.545. The van der Waals surface area contributed by atoms with Gasteiger partial charge in [0.25, 0.3) is 0 Å². The van der Waals surface area contributed by atoms with E-state index in [2.05, 4.69) is 5.32 Å². The number of nitrogens with one attached hydrogen (secondary N) is 1. The topological polar surface area (TPSA) is 38.3 Å². The average molecular weight is 226 g/mol. The van der Waals surface area contributed by atoms with Crippen molar-refractivity contribution in [2.45, 2.75) is 13.8 Å². The van der Waals surface area contributed by atoms with Gasteiger partial charge in [-0.3, -0.25) is 4.79 Å². The summed E-state index contributed by atoms with van der Waals surface area (Å²) in [7, 11) is 0. The van der Waals surface area contributed by atoms with Crippen molar-refractivity contribution < 1.29 is 9.53 Å². The minimum absolute atomic E-state index is 0.0320. The Labute approximate surface area is 93.4 Å². The van der Waals surface area contributed by atoms with E-state index < -0.39 is 0 Å². The van der Waals surface area contributed by atoms with Gasteiger partial charge in [-0.2, -0.15) is 0 Å². The number of fused-ring (bicyclic) bond motifs is 1. The zero-order valence-electron chi connectivity index (χ0n) is 8.63. The lowest BCUT2D eigenvalue weighted by Gasteiger charge is -2.10. The van der Waals surface area contributed by atoms with Crippen molar-refractivity contribution in [2.24, 2.45) is 5.92 Å². The SMILES string of the molecule is Cc1cc(Cl)cc2c1OCC(C)C(=O)N2. The van der Waals surface area contributed by atoms with E-state index in [9.17, 15) is 4.79 Å². The number of hydrogen-bond donors (Lipinski definition) is 1. The van der Waals surface area contributed by atoms with Crippen LogP contribution in [0.4, 0.5) is 5.69 Å². The van der Waals surface area contributed by atoms with Crippen LogP contribution < -0.4 is 10.1 Å². The van der Waals surface area contributed by atoms with E-state index in [0.717, 1.165) is 11.3 Å². The number of halogens is 1. The molecule has 1 unspecified atom stereocenters. The van der Waals surface area contributed by atoms with Gasteiger partial charge in [-0.25, -0.2) is 0 Å². The minimum Gasteiger partial charge on any atom is -0.490 e. The van der Waals surface area contributed by atoms with Gasteiger partial charge < -0.3 is 10.1 Å². The summed E-state index contributed by atoms with van der Waals surface area (Å²) >= 11 is 5.91. The average Bonchev–Trinajstić information content (AvgIpc) is 2.27. The van der Waals surface area contributed by atoms with Gasteiger partial charge in [-0.15, -0.1) is 0 Å². The van der Waals surface area contributed by atoms with Crippen molar-refractivity contribution in [1.29, 1.82) is 0 Å². The van der Waals surface area contributed by atoms with Crippen LogP contribution in [-0.2, 0) is 4.79 Å². The molecule has 4 heteroatoms. The number of aryl methyl sites for hydroxylation is 1. The highest BCUT2D eigenvalue weighted by Gasteiger charge is 2.22. The molecule has 0 aliphatic carbocycles. The Kier molecular flexibility index (Phi) is 2.57. The zero-order valence-corrected chi connectivity index (χ0v) is 9.39.